The maximum absolute atomic E-state index is 11.7. The Balaban J connectivity index is 2.79. The molecule has 1 aromatic rings. The number of carbonyl (C=O) groups excluding carboxylic acids is 1. The van der Waals surface area contributed by atoms with Crippen LogP contribution in [0.1, 0.15) is 6.92 Å². The molecule has 7 heteroatoms. The van der Waals surface area contributed by atoms with Crippen LogP contribution in [-0.4, -0.2) is 24.4 Å². The molecule has 0 aliphatic heterocycles. The zero-order valence-corrected chi connectivity index (χ0v) is 10.8. The highest BCUT2D eigenvalue weighted by molar-refractivity contribution is 6.34. The standard InChI is InChI=1S/C11H14ClN3O3/c1-7(6-13-2)11(16)14-10-4-3-8(15(17)18)5-9(10)12/h3-5,7,13H,6H2,1-2H3,(H,14,16). The first-order valence-corrected chi connectivity index (χ1v) is 5.73. The number of anilines is 1. The molecule has 6 nitrogen and oxygen atoms in total. The van der Waals surface area contributed by atoms with Gasteiger partial charge >= 0.3 is 0 Å². The smallest absolute Gasteiger partial charge is 0.271 e. The van der Waals surface area contributed by atoms with Gasteiger partial charge in [-0.15, -0.1) is 0 Å². The number of amides is 1. The number of halogens is 1. The number of rotatable bonds is 5. The van der Waals surface area contributed by atoms with E-state index < -0.39 is 4.92 Å². The van der Waals surface area contributed by atoms with Crippen molar-refractivity contribution in [1.82, 2.24) is 5.32 Å². The van der Waals surface area contributed by atoms with Gasteiger partial charge in [0, 0.05) is 24.6 Å². The van der Waals surface area contributed by atoms with E-state index in [1.54, 1.807) is 14.0 Å². The number of nitro groups is 1. The van der Waals surface area contributed by atoms with Gasteiger partial charge in [0.15, 0.2) is 0 Å². The van der Waals surface area contributed by atoms with Gasteiger partial charge in [0.25, 0.3) is 5.69 Å². The predicted molar refractivity (Wildman–Crippen MR) is 69.8 cm³/mol. The predicted octanol–water partition coefficient (Wildman–Crippen LogP) is 2.04. The molecule has 1 aromatic carbocycles. The van der Waals surface area contributed by atoms with Crippen LogP contribution in [0.25, 0.3) is 0 Å². The van der Waals surface area contributed by atoms with E-state index in [1.807, 2.05) is 0 Å². The molecule has 1 amide bonds. The Morgan fingerprint density at radius 3 is 2.72 bits per heavy atom. The Morgan fingerprint density at radius 2 is 2.22 bits per heavy atom. The van der Waals surface area contributed by atoms with E-state index in [2.05, 4.69) is 10.6 Å². The lowest BCUT2D eigenvalue weighted by atomic mass is 10.1. The second-order valence-electron chi connectivity index (χ2n) is 3.87. The van der Waals surface area contributed by atoms with Crippen molar-refractivity contribution < 1.29 is 9.72 Å². The van der Waals surface area contributed by atoms with E-state index in [-0.39, 0.29) is 22.5 Å². The number of nitrogens with one attached hydrogen (secondary N) is 2. The van der Waals surface area contributed by atoms with E-state index in [9.17, 15) is 14.9 Å². The molecule has 1 atom stereocenters. The molecule has 0 aromatic heterocycles. The summed E-state index contributed by atoms with van der Waals surface area (Å²) in [5.41, 5.74) is 0.261. The molecule has 0 spiro atoms. The summed E-state index contributed by atoms with van der Waals surface area (Å²) in [6, 6.07) is 3.93. The molecule has 0 fully saturated rings. The third-order valence-corrected chi connectivity index (χ3v) is 2.69. The number of hydrogen-bond donors (Lipinski definition) is 2. The van der Waals surface area contributed by atoms with Crippen molar-refractivity contribution >= 4 is 28.9 Å². The normalized spacial score (nSPS) is 11.9. The van der Waals surface area contributed by atoms with Crippen LogP contribution in [-0.2, 0) is 4.79 Å². The Bertz CT molecular complexity index is 465. The first kappa shape index (κ1) is 14.4. The lowest BCUT2D eigenvalue weighted by Crippen LogP contribution is -2.28. The second kappa shape index (κ2) is 6.32. The summed E-state index contributed by atoms with van der Waals surface area (Å²) >= 11 is 5.86. The lowest BCUT2D eigenvalue weighted by Gasteiger charge is -2.12. The van der Waals surface area contributed by atoms with E-state index >= 15 is 0 Å². The summed E-state index contributed by atoms with van der Waals surface area (Å²) in [6.45, 7) is 2.31. The minimum atomic E-state index is -0.541. The van der Waals surface area contributed by atoms with E-state index in [1.165, 1.54) is 18.2 Å². The summed E-state index contributed by atoms with van der Waals surface area (Å²) in [5, 5.41) is 16.2. The second-order valence-corrected chi connectivity index (χ2v) is 4.28. The minimum absolute atomic E-state index is 0.110. The van der Waals surface area contributed by atoms with Crippen molar-refractivity contribution in [3.63, 3.8) is 0 Å². The van der Waals surface area contributed by atoms with Crippen LogP contribution in [0.2, 0.25) is 5.02 Å². The van der Waals surface area contributed by atoms with Crippen LogP contribution in [0.15, 0.2) is 18.2 Å². The highest BCUT2D eigenvalue weighted by Gasteiger charge is 2.15. The van der Waals surface area contributed by atoms with Crippen LogP contribution in [0, 0.1) is 16.0 Å². The largest absolute Gasteiger partial charge is 0.324 e. The molecule has 1 unspecified atom stereocenters. The van der Waals surface area contributed by atoms with Crippen LogP contribution >= 0.6 is 11.6 Å². The maximum atomic E-state index is 11.7. The molecule has 98 valence electrons. The summed E-state index contributed by atoms with van der Waals surface area (Å²) in [5.74, 6) is -0.415. The fourth-order valence-electron chi connectivity index (χ4n) is 1.37. The van der Waals surface area contributed by atoms with Crippen molar-refractivity contribution in [3.8, 4) is 0 Å². The van der Waals surface area contributed by atoms with Gasteiger partial charge in [-0.1, -0.05) is 18.5 Å². The fraction of sp³-hybridized carbons (Fsp3) is 0.364. The Hall–Kier alpha value is -1.66. The average Bonchev–Trinajstić information content (AvgIpc) is 2.31. The van der Waals surface area contributed by atoms with Gasteiger partial charge in [-0.3, -0.25) is 14.9 Å². The number of carbonyl (C=O) groups is 1. The SMILES string of the molecule is CNCC(C)C(=O)Nc1ccc([N+](=O)[O-])cc1Cl. The fourth-order valence-corrected chi connectivity index (χ4v) is 1.60. The summed E-state index contributed by atoms with van der Waals surface area (Å²) in [4.78, 5) is 21.7. The third kappa shape index (κ3) is 3.68. The Labute approximate surface area is 109 Å². The molecule has 2 N–H and O–H groups in total. The highest BCUT2D eigenvalue weighted by Crippen LogP contribution is 2.26. The molecular weight excluding hydrogens is 258 g/mol. The Morgan fingerprint density at radius 1 is 1.56 bits per heavy atom. The number of nitro benzene ring substituents is 1. The van der Waals surface area contributed by atoms with Crippen molar-refractivity contribution in [2.24, 2.45) is 5.92 Å². The zero-order chi connectivity index (χ0) is 13.7. The molecule has 18 heavy (non-hydrogen) atoms. The van der Waals surface area contributed by atoms with Gasteiger partial charge in [-0.25, -0.2) is 0 Å². The van der Waals surface area contributed by atoms with Crippen molar-refractivity contribution in [2.45, 2.75) is 6.92 Å². The van der Waals surface area contributed by atoms with Crippen molar-refractivity contribution in [1.29, 1.82) is 0 Å². The van der Waals surface area contributed by atoms with E-state index in [4.69, 9.17) is 11.6 Å². The number of hydrogen-bond acceptors (Lipinski definition) is 4. The van der Waals surface area contributed by atoms with E-state index in [0.717, 1.165) is 0 Å². The summed E-state index contributed by atoms with van der Waals surface area (Å²) in [6.07, 6.45) is 0. The monoisotopic (exact) mass is 271 g/mol. The summed E-state index contributed by atoms with van der Waals surface area (Å²) < 4.78 is 0. The van der Waals surface area contributed by atoms with Gasteiger partial charge in [-0.2, -0.15) is 0 Å². The Kier molecular flexibility index (Phi) is 5.06. The van der Waals surface area contributed by atoms with Gasteiger partial charge in [0.1, 0.15) is 0 Å². The van der Waals surface area contributed by atoms with Crippen LogP contribution < -0.4 is 10.6 Å². The van der Waals surface area contributed by atoms with Crippen LogP contribution in [0.3, 0.4) is 0 Å². The zero-order valence-electron chi connectivity index (χ0n) is 10.1. The first-order valence-electron chi connectivity index (χ1n) is 5.35. The van der Waals surface area contributed by atoms with Gasteiger partial charge in [0.05, 0.1) is 15.6 Å². The molecule has 0 bridgehead atoms. The molecule has 0 saturated carbocycles. The molecule has 1 rings (SSSR count). The summed E-state index contributed by atoms with van der Waals surface area (Å²) in [7, 11) is 1.75. The topological polar surface area (TPSA) is 84.3 Å². The van der Waals surface area contributed by atoms with Crippen LogP contribution in [0.4, 0.5) is 11.4 Å². The first-order chi connectivity index (χ1) is 8.45. The molecule has 0 aliphatic carbocycles. The quantitative estimate of drug-likeness (QED) is 0.634. The van der Waals surface area contributed by atoms with Gasteiger partial charge < -0.3 is 10.6 Å². The van der Waals surface area contributed by atoms with Gasteiger partial charge in [-0.05, 0) is 13.1 Å². The van der Waals surface area contributed by atoms with Crippen molar-refractivity contribution in [3.05, 3.63) is 33.3 Å². The molecular formula is C11H14ClN3O3. The highest BCUT2D eigenvalue weighted by atomic mass is 35.5. The van der Waals surface area contributed by atoms with Crippen LogP contribution in [0.5, 0.6) is 0 Å². The number of non-ortho nitro benzene ring substituents is 1. The average molecular weight is 272 g/mol. The third-order valence-electron chi connectivity index (χ3n) is 2.38. The minimum Gasteiger partial charge on any atom is -0.324 e. The molecule has 0 radical (unpaired) electrons. The van der Waals surface area contributed by atoms with E-state index in [0.29, 0.717) is 12.2 Å². The van der Waals surface area contributed by atoms with Crippen molar-refractivity contribution in [2.75, 3.05) is 18.9 Å². The number of benzene rings is 1. The molecule has 0 heterocycles. The molecule has 0 aliphatic rings. The molecule has 0 saturated heterocycles. The van der Waals surface area contributed by atoms with Gasteiger partial charge in [0.2, 0.25) is 5.91 Å². The lowest BCUT2D eigenvalue weighted by molar-refractivity contribution is -0.384. The maximum Gasteiger partial charge on any atom is 0.271 e. The number of nitrogens with zero attached hydrogens (tertiary/aromatic N) is 1.